The molecule has 124 valence electrons. The number of benzene rings is 2. The van der Waals surface area contributed by atoms with Crippen molar-refractivity contribution in [2.75, 3.05) is 7.11 Å². The number of thiophene rings is 1. The Morgan fingerprint density at radius 3 is 2.60 bits per heavy atom. The van der Waals surface area contributed by atoms with E-state index >= 15 is 0 Å². The van der Waals surface area contributed by atoms with Crippen LogP contribution >= 0.6 is 11.3 Å². The first-order valence-electron chi connectivity index (χ1n) is 7.79. The molecule has 0 unspecified atom stereocenters. The van der Waals surface area contributed by atoms with Gasteiger partial charge in [-0.25, -0.2) is 0 Å². The van der Waals surface area contributed by atoms with Crippen molar-refractivity contribution < 1.29 is 14.3 Å². The number of ketones is 2. The number of fused-ring (bicyclic) bond motifs is 2. The van der Waals surface area contributed by atoms with Crippen molar-refractivity contribution in [3.8, 4) is 5.75 Å². The van der Waals surface area contributed by atoms with E-state index < -0.39 is 11.6 Å². The van der Waals surface area contributed by atoms with Crippen molar-refractivity contribution in [2.24, 2.45) is 7.05 Å². The zero-order valence-corrected chi connectivity index (χ0v) is 14.6. The minimum Gasteiger partial charge on any atom is -0.497 e. The van der Waals surface area contributed by atoms with Crippen LogP contribution in [0.3, 0.4) is 0 Å². The number of ether oxygens (including phenoxy) is 1. The van der Waals surface area contributed by atoms with Crippen LogP contribution < -0.4 is 4.74 Å². The summed E-state index contributed by atoms with van der Waals surface area (Å²) in [6.45, 7) is 0. The lowest BCUT2D eigenvalue weighted by atomic mass is 10.0. The lowest BCUT2D eigenvalue weighted by Crippen LogP contribution is -2.12. The standard InChI is InChI=1S/C20H15NO3S/c1-21-11-15(14-10-13(24-2)7-8-16(14)21)19(22)20(23)18-9-12-5-3-4-6-17(12)25-18/h3-11H,1-2H3. The van der Waals surface area contributed by atoms with Crippen molar-refractivity contribution >= 4 is 43.9 Å². The Balaban J connectivity index is 1.79. The minimum atomic E-state index is -0.495. The summed E-state index contributed by atoms with van der Waals surface area (Å²) in [4.78, 5) is 26.1. The number of hydrogen-bond acceptors (Lipinski definition) is 4. The first kappa shape index (κ1) is 15.6. The average Bonchev–Trinajstić information content (AvgIpc) is 3.21. The van der Waals surface area contributed by atoms with Gasteiger partial charge in [-0.3, -0.25) is 9.59 Å². The van der Waals surface area contributed by atoms with Crippen molar-refractivity contribution in [3.63, 3.8) is 0 Å². The fraction of sp³-hybridized carbons (Fsp3) is 0.100. The van der Waals surface area contributed by atoms with Crippen LogP contribution in [0.4, 0.5) is 0 Å². The predicted molar refractivity (Wildman–Crippen MR) is 100.0 cm³/mol. The van der Waals surface area contributed by atoms with Gasteiger partial charge in [0.1, 0.15) is 5.75 Å². The fourth-order valence-electron chi connectivity index (χ4n) is 3.01. The van der Waals surface area contributed by atoms with E-state index in [1.165, 1.54) is 11.3 Å². The van der Waals surface area contributed by atoms with E-state index in [0.29, 0.717) is 16.2 Å². The summed E-state index contributed by atoms with van der Waals surface area (Å²) in [6, 6.07) is 15.0. The highest BCUT2D eigenvalue weighted by atomic mass is 32.1. The second-order valence-corrected chi connectivity index (χ2v) is 6.93. The van der Waals surface area contributed by atoms with Gasteiger partial charge in [0.05, 0.1) is 17.6 Å². The summed E-state index contributed by atoms with van der Waals surface area (Å²) >= 11 is 1.35. The molecule has 2 aromatic carbocycles. The van der Waals surface area contributed by atoms with Crippen LogP contribution in [0, 0.1) is 0 Å². The molecule has 2 aromatic heterocycles. The number of aromatic nitrogens is 1. The number of carbonyl (C=O) groups excluding carboxylic acids is 2. The molecule has 25 heavy (non-hydrogen) atoms. The molecule has 4 rings (SSSR count). The van der Waals surface area contributed by atoms with E-state index in [4.69, 9.17) is 4.74 Å². The zero-order valence-electron chi connectivity index (χ0n) is 13.8. The second kappa shape index (κ2) is 5.86. The van der Waals surface area contributed by atoms with Gasteiger partial charge in [0.25, 0.3) is 0 Å². The maximum absolute atomic E-state index is 12.9. The Morgan fingerprint density at radius 2 is 1.84 bits per heavy atom. The van der Waals surface area contributed by atoms with Crippen LogP contribution in [0.1, 0.15) is 20.0 Å². The maximum atomic E-state index is 12.9. The molecule has 0 N–H and O–H groups in total. The Bertz CT molecular complexity index is 1100. The van der Waals surface area contributed by atoms with Crippen LogP contribution in [-0.2, 0) is 7.05 Å². The van der Waals surface area contributed by atoms with Gasteiger partial charge in [-0.15, -0.1) is 11.3 Å². The Hall–Kier alpha value is -2.92. The molecule has 0 radical (unpaired) electrons. The van der Waals surface area contributed by atoms with Gasteiger partial charge in [0.2, 0.25) is 11.6 Å². The third-order valence-corrected chi connectivity index (χ3v) is 5.41. The number of Topliss-reactive ketones (excluding diaryl/α,β-unsaturated/α-hetero) is 2. The Kier molecular flexibility index (Phi) is 3.66. The molecule has 4 aromatic rings. The molecule has 0 aliphatic carbocycles. The summed E-state index contributed by atoms with van der Waals surface area (Å²) < 4.78 is 8.09. The lowest BCUT2D eigenvalue weighted by molar-refractivity contribution is 0.0820. The molecular weight excluding hydrogens is 334 g/mol. The van der Waals surface area contributed by atoms with E-state index in [1.807, 2.05) is 48.0 Å². The number of nitrogens with zero attached hydrogens (tertiary/aromatic N) is 1. The quantitative estimate of drug-likeness (QED) is 0.403. The van der Waals surface area contributed by atoms with Gasteiger partial charge in [-0.05, 0) is 35.7 Å². The maximum Gasteiger partial charge on any atom is 0.243 e. The SMILES string of the molecule is COc1ccc2c(c1)c(C(=O)C(=O)c1cc3ccccc3s1)cn2C. The molecule has 0 atom stereocenters. The Labute approximate surface area is 148 Å². The smallest absolute Gasteiger partial charge is 0.243 e. The fourth-order valence-corrected chi connectivity index (χ4v) is 4.01. The van der Waals surface area contributed by atoms with Crippen LogP contribution in [0.15, 0.2) is 54.7 Å². The molecule has 2 heterocycles. The molecule has 0 aliphatic rings. The van der Waals surface area contributed by atoms with E-state index in [9.17, 15) is 9.59 Å². The van der Waals surface area contributed by atoms with Gasteiger partial charge in [-0.1, -0.05) is 18.2 Å². The van der Waals surface area contributed by atoms with Gasteiger partial charge in [0.15, 0.2) is 0 Å². The predicted octanol–water partition coefficient (Wildman–Crippen LogP) is 4.47. The molecule has 5 heteroatoms. The Morgan fingerprint density at radius 1 is 1.04 bits per heavy atom. The summed E-state index contributed by atoms with van der Waals surface area (Å²) in [5.41, 5.74) is 1.28. The van der Waals surface area contributed by atoms with Crippen LogP contribution in [0.25, 0.3) is 21.0 Å². The highest BCUT2D eigenvalue weighted by Gasteiger charge is 2.24. The second-order valence-electron chi connectivity index (χ2n) is 5.84. The molecule has 0 bridgehead atoms. The zero-order chi connectivity index (χ0) is 17.6. The molecular formula is C20H15NO3S. The van der Waals surface area contributed by atoms with E-state index in [1.54, 1.807) is 25.4 Å². The summed E-state index contributed by atoms with van der Waals surface area (Å²) in [7, 11) is 3.43. The van der Waals surface area contributed by atoms with Crippen LogP contribution in [0.5, 0.6) is 5.75 Å². The molecule has 0 spiro atoms. The molecule has 0 aliphatic heterocycles. The van der Waals surface area contributed by atoms with Crippen molar-refractivity contribution in [2.45, 2.75) is 0 Å². The van der Waals surface area contributed by atoms with Gasteiger partial charge in [0, 0.05) is 28.8 Å². The van der Waals surface area contributed by atoms with Gasteiger partial charge >= 0.3 is 0 Å². The highest BCUT2D eigenvalue weighted by molar-refractivity contribution is 7.21. The largest absolute Gasteiger partial charge is 0.497 e. The summed E-state index contributed by atoms with van der Waals surface area (Å²) in [5.74, 6) is -0.316. The summed E-state index contributed by atoms with van der Waals surface area (Å²) in [5, 5.41) is 1.70. The number of rotatable bonds is 4. The summed E-state index contributed by atoms with van der Waals surface area (Å²) in [6.07, 6.45) is 1.71. The highest BCUT2D eigenvalue weighted by Crippen LogP contribution is 2.29. The van der Waals surface area contributed by atoms with E-state index in [2.05, 4.69) is 0 Å². The minimum absolute atomic E-state index is 0.402. The first-order chi connectivity index (χ1) is 12.1. The molecule has 4 nitrogen and oxygen atoms in total. The van der Waals surface area contributed by atoms with Crippen LogP contribution in [0.2, 0.25) is 0 Å². The monoisotopic (exact) mass is 349 g/mol. The van der Waals surface area contributed by atoms with Gasteiger partial charge < -0.3 is 9.30 Å². The van der Waals surface area contributed by atoms with Gasteiger partial charge in [-0.2, -0.15) is 0 Å². The normalized spacial score (nSPS) is 11.1. The third kappa shape index (κ3) is 2.53. The molecule has 0 amide bonds. The average molecular weight is 349 g/mol. The molecule has 0 saturated heterocycles. The lowest BCUT2D eigenvalue weighted by Gasteiger charge is -2.01. The molecule has 0 fully saturated rings. The number of hydrogen-bond donors (Lipinski definition) is 0. The van der Waals surface area contributed by atoms with Crippen molar-refractivity contribution in [3.05, 3.63) is 65.2 Å². The number of carbonyl (C=O) groups is 2. The first-order valence-corrected chi connectivity index (χ1v) is 8.61. The van der Waals surface area contributed by atoms with E-state index in [-0.39, 0.29) is 0 Å². The number of methoxy groups -OCH3 is 1. The third-order valence-electron chi connectivity index (χ3n) is 4.30. The number of aryl methyl sites for hydroxylation is 1. The molecule has 0 saturated carbocycles. The van der Waals surface area contributed by atoms with Crippen molar-refractivity contribution in [1.29, 1.82) is 0 Å². The van der Waals surface area contributed by atoms with E-state index in [0.717, 1.165) is 21.0 Å². The van der Waals surface area contributed by atoms with Crippen LogP contribution in [-0.4, -0.2) is 23.2 Å². The topological polar surface area (TPSA) is 48.3 Å². The van der Waals surface area contributed by atoms with Crippen molar-refractivity contribution in [1.82, 2.24) is 4.57 Å².